The third-order valence-corrected chi connectivity index (χ3v) is 6.01. The Labute approximate surface area is 211 Å². The lowest BCUT2D eigenvalue weighted by Crippen LogP contribution is -2.43. The van der Waals surface area contributed by atoms with Gasteiger partial charge < -0.3 is 19.9 Å². The zero-order valence-electron chi connectivity index (χ0n) is 21.1. The summed E-state index contributed by atoms with van der Waals surface area (Å²) in [5.41, 5.74) is 3.61. The van der Waals surface area contributed by atoms with E-state index < -0.39 is 41.4 Å². The Morgan fingerprint density at radius 1 is 0.972 bits per heavy atom. The van der Waals surface area contributed by atoms with Crippen LogP contribution in [0, 0.1) is 5.92 Å². The molecule has 8 nitrogen and oxygen atoms in total. The molecule has 0 saturated heterocycles. The number of fused-ring (bicyclic) bond motifs is 3. The fourth-order valence-corrected chi connectivity index (χ4v) is 4.28. The maximum atomic E-state index is 12.8. The summed E-state index contributed by atoms with van der Waals surface area (Å²) in [6.07, 6.45) is -1.22. The Balaban J connectivity index is 1.66. The molecule has 0 aliphatic heterocycles. The summed E-state index contributed by atoms with van der Waals surface area (Å²) >= 11 is 0. The smallest absolute Gasteiger partial charge is 0.407 e. The van der Waals surface area contributed by atoms with Gasteiger partial charge in [-0.2, -0.15) is 0 Å². The highest BCUT2D eigenvalue weighted by atomic mass is 16.6. The molecule has 1 aliphatic rings. The second-order valence-electron chi connectivity index (χ2n) is 10.1. The molecule has 36 heavy (non-hydrogen) atoms. The normalized spacial score (nSPS) is 14.2. The predicted octanol–water partition coefficient (Wildman–Crippen LogP) is 4.70. The Hall–Kier alpha value is -3.68. The second-order valence-corrected chi connectivity index (χ2v) is 10.1. The van der Waals surface area contributed by atoms with Crippen LogP contribution in [0.2, 0.25) is 0 Å². The largest absolute Gasteiger partial charge is 0.481 e. The SMILES string of the molecule is C[C@H](CC(=O)[C@H](CCC(=O)OC(C)(C)C)NC(=O)OCC1c2ccccc2-c2ccccc21)C(=O)O. The summed E-state index contributed by atoms with van der Waals surface area (Å²) in [5.74, 6) is -3.18. The number of aliphatic carboxylic acids is 1. The van der Waals surface area contributed by atoms with E-state index in [0.717, 1.165) is 22.3 Å². The standard InChI is InChI=1S/C28H33NO7/c1-17(26(32)33)15-24(30)23(13-14-25(31)36-28(2,3)4)29-27(34)35-16-22-20-11-7-5-9-18(20)19-10-6-8-12-21(19)22/h5-12,17,22-23H,13-16H2,1-4H3,(H,29,34)(H,32,33)/t17-,23+/m1/s1. The third-order valence-electron chi connectivity index (χ3n) is 6.01. The van der Waals surface area contributed by atoms with Crippen LogP contribution in [0.1, 0.15) is 64.0 Å². The van der Waals surface area contributed by atoms with Crippen molar-refractivity contribution in [1.82, 2.24) is 5.32 Å². The lowest BCUT2D eigenvalue weighted by Gasteiger charge is -2.22. The Morgan fingerprint density at radius 2 is 1.53 bits per heavy atom. The summed E-state index contributed by atoms with van der Waals surface area (Å²) in [7, 11) is 0. The lowest BCUT2D eigenvalue weighted by atomic mass is 9.97. The highest BCUT2D eigenvalue weighted by Gasteiger charge is 2.31. The molecular weight excluding hydrogens is 462 g/mol. The van der Waals surface area contributed by atoms with Gasteiger partial charge in [0.1, 0.15) is 12.2 Å². The van der Waals surface area contributed by atoms with Crippen LogP contribution in [0.15, 0.2) is 48.5 Å². The van der Waals surface area contributed by atoms with Crippen LogP contribution >= 0.6 is 0 Å². The van der Waals surface area contributed by atoms with Crippen LogP contribution in [0.4, 0.5) is 4.79 Å². The quantitative estimate of drug-likeness (QED) is 0.459. The van der Waals surface area contributed by atoms with E-state index >= 15 is 0 Å². The number of carbonyl (C=O) groups is 4. The van der Waals surface area contributed by atoms with E-state index in [2.05, 4.69) is 5.32 Å². The first-order valence-corrected chi connectivity index (χ1v) is 12.0. The second kappa shape index (κ2) is 11.4. The van der Waals surface area contributed by atoms with E-state index in [1.165, 1.54) is 6.92 Å². The molecule has 8 heteroatoms. The van der Waals surface area contributed by atoms with Crippen molar-refractivity contribution in [1.29, 1.82) is 0 Å². The van der Waals surface area contributed by atoms with Crippen LogP contribution in [-0.4, -0.2) is 47.2 Å². The van der Waals surface area contributed by atoms with Crippen LogP contribution in [0.25, 0.3) is 11.1 Å². The summed E-state index contributed by atoms with van der Waals surface area (Å²) in [6.45, 7) is 6.68. The van der Waals surface area contributed by atoms with Crippen molar-refractivity contribution < 1.29 is 33.8 Å². The first-order valence-electron chi connectivity index (χ1n) is 12.0. The van der Waals surface area contributed by atoms with Crippen LogP contribution in [-0.2, 0) is 23.9 Å². The zero-order chi connectivity index (χ0) is 26.5. The number of carboxylic acids is 1. The molecule has 1 aliphatic carbocycles. The minimum absolute atomic E-state index is 0.0235. The minimum Gasteiger partial charge on any atom is -0.481 e. The average Bonchev–Trinajstić information content (AvgIpc) is 3.12. The number of nitrogens with one attached hydrogen (secondary N) is 1. The van der Waals surface area contributed by atoms with Gasteiger partial charge in [0.05, 0.1) is 12.0 Å². The van der Waals surface area contributed by atoms with Gasteiger partial charge in [0, 0.05) is 18.8 Å². The molecule has 0 heterocycles. The van der Waals surface area contributed by atoms with Crippen LogP contribution in [0.5, 0.6) is 0 Å². The first-order chi connectivity index (χ1) is 17.0. The molecule has 2 N–H and O–H groups in total. The highest BCUT2D eigenvalue weighted by molar-refractivity contribution is 5.90. The number of hydrogen-bond acceptors (Lipinski definition) is 6. The number of alkyl carbamates (subject to hydrolysis) is 1. The number of carboxylic acid groups (broad SMARTS) is 1. The van der Waals surface area contributed by atoms with Crippen molar-refractivity contribution in [3.63, 3.8) is 0 Å². The number of rotatable bonds is 10. The van der Waals surface area contributed by atoms with E-state index in [-0.39, 0.29) is 31.8 Å². The molecule has 0 saturated carbocycles. The Bertz CT molecular complexity index is 1090. The summed E-state index contributed by atoms with van der Waals surface area (Å²) in [4.78, 5) is 48.9. The number of benzene rings is 2. The first kappa shape index (κ1) is 26.9. The van der Waals surface area contributed by atoms with Gasteiger partial charge in [-0.05, 0) is 49.4 Å². The maximum Gasteiger partial charge on any atom is 0.407 e. The Morgan fingerprint density at radius 3 is 2.06 bits per heavy atom. The summed E-state index contributed by atoms with van der Waals surface area (Å²) < 4.78 is 10.8. The fourth-order valence-electron chi connectivity index (χ4n) is 4.28. The Kier molecular flexibility index (Phi) is 8.50. The van der Waals surface area contributed by atoms with Crippen molar-refractivity contribution in [2.75, 3.05) is 6.61 Å². The van der Waals surface area contributed by atoms with E-state index in [0.29, 0.717) is 0 Å². The molecule has 1 amide bonds. The number of esters is 1. The van der Waals surface area contributed by atoms with Crippen molar-refractivity contribution >= 4 is 23.8 Å². The molecule has 0 unspecified atom stereocenters. The maximum absolute atomic E-state index is 12.8. The molecule has 3 rings (SSSR count). The molecule has 0 bridgehead atoms. The van der Waals surface area contributed by atoms with Gasteiger partial charge in [-0.1, -0.05) is 55.5 Å². The molecule has 2 aromatic rings. The zero-order valence-corrected chi connectivity index (χ0v) is 21.1. The van der Waals surface area contributed by atoms with E-state index in [1.807, 2.05) is 48.5 Å². The van der Waals surface area contributed by atoms with E-state index in [4.69, 9.17) is 14.6 Å². The third kappa shape index (κ3) is 6.93. The topological polar surface area (TPSA) is 119 Å². The van der Waals surface area contributed by atoms with Crippen molar-refractivity contribution in [3.05, 3.63) is 59.7 Å². The van der Waals surface area contributed by atoms with Gasteiger partial charge in [-0.15, -0.1) is 0 Å². The van der Waals surface area contributed by atoms with Gasteiger partial charge >= 0.3 is 18.0 Å². The fraction of sp³-hybridized carbons (Fsp3) is 0.429. The van der Waals surface area contributed by atoms with Gasteiger partial charge in [0.15, 0.2) is 5.78 Å². The van der Waals surface area contributed by atoms with E-state index in [1.54, 1.807) is 20.8 Å². The molecule has 2 aromatic carbocycles. The average molecular weight is 496 g/mol. The van der Waals surface area contributed by atoms with Gasteiger partial charge in [-0.25, -0.2) is 4.79 Å². The van der Waals surface area contributed by atoms with Crippen molar-refractivity contribution in [2.24, 2.45) is 5.92 Å². The van der Waals surface area contributed by atoms with Gasteiger partial charge in [0.2, 0.25) is 0 Å². The summed E-state index contributed by atoms with van der Waals surface area (Å²) in [5, 5.41) is 11.7. The number of carbonyl (C=O) groups excluding carboxylic acids is 3. The predicted molar refractivity (Wildman–Crippen MR) is 133 cm³/mol. The molecule has 0 aromatic heterocycles. The molecule has 0 fully saturated rings. The molecule has 192 valence electrons. The van der Waals surface area contributed by atoms with Gasteiger partial charge in [-0.3, -0.25) is 14.4 Å². The number of hydrogen-bond donors (Lipinski definition) is 2. The number of Topliss-reactive ketones (excluding diaryl/α,β-unsaturated/α-hetero) is 1. The summed E-state index contributed by atoms with van der Waals surface area (Å²) in [6, 6.07) is 14.8. The molecule has 2 atom stereocenters. The van der Waals surface area contributed by atoms with E-state index in [9.17, 15) is 19.2 Å². The van der Waals surface area contributed by atoms with Gasteiger partial charge in [0.25, 0.3) is 0 Å². The van der Waals surface area contributed by atoms with Crippen LogP contribution in [0.3, 0.4) is 0 Å². The lowest BCUT2D eigenvalue weighted by molar-refractivity contribution is -0.155. The molecule has 0 radical (unpaired) electrons. The minimum atomic E-state index is -1.12. The van der Waals surface area contributed by atoms with Crippen LogP contribution < -0.4 is 5.32 Å². The molecule has 0 spiro atoms. The monoisotopic (exact) mass is 495 g/mol. The number of amides is 1. The van der Waals surface area contributed by atoms with Crippen molar-refractivity contribution in [3.8, 4) is 11.1 Å². The molecular formula is C28H33NO7. The highest BCUT2D eigenvalue weighted by Crippen LogP contribution is 2.44. The number of ether oxygens (including phenoxy) is 2. The number of ketones is 1. The van der Waals surface area contributed by atoms with Crippen molar-refractivity contribution in [2.45, 2.75) is 64.5 Å².